The first-order chi connectivity index (χ1) is 8.83. The van der Waals surface area contributed by atoms with E-state index < -0.39 is 0 Å². The van der Waals surface area contributed by atoms with Gasteiger partial charge in [0.15, 0.2) is 0 Å². The van der Waals surface area contributed by atoms with E-state index in [1.165, 1.54) is 50.9 Å². The molecule has 0 radical (unpaired) electrons. The Labute approximate surface area is 110 Å². The molecule has 0 aliphatic carbocycles. The van der Waals surface area contributed by atoms with Crippen LogP contribution in [0, 0.1) is 0 Å². The maximum Gasteiger partial charge on any atom is 0.0320 e. The third-order valence-electron chi connectivity index (χ3n) is 4.59. The van der Waals surface area contributed by atoms with E-state index in [1.807, 2.05) is 0 Å². The van der Waals surface area contributed by atoms with Crippen molar-refractivity contribution in [3.8, 4) is 0 Å². The molecule has 1 unspecified atom stereocenters. The molecule has 2 saturated heterocycles. The second kappa shape index (κ2) is 5.41. The van der Waals surface area contributed by atoms with Crippen molar-refractivity contribution in [3.05, 3.63) is 35.4 Å². The van der Waals surface area contributed by atoms with Gasteiger partial charge in [0.05, 0.1) is 0 Å². The van der Waals surface area contributed by atoms with Crippen LogP contribution in [0.1, 0.15) is 48.8 Å². The van der Waals surface area contributed by atoms with Crippen molar-refractivity contribution in [1.82, 2.24) is 10.2 Å². The summed E-state index contributed by atoms with van der Waals surface area (Å²) in [7, 11) is 2.23. The average Bonchev–Trinajstić information content (AvgIpc) is 2.94. The Kier molecular flexibility index (Phi) is 3.67. The number of piperidine rings is 1. The number of rotatable bonds is 2. The van der Waals surface area contributed by atoms with Crippen molar-refractivity contribution in [2.45, 2.75) is 37.6 Å². The van der Waals surface area contributed by atoms with Gasteiger partial charge in [-0.25, -0.2) is 0 Å². The van der Waals surface area contributed by atoms with Crippen LogP contribution in [0.4, 0.5) is 0 Å². The highest BCUT2D eigenvalue weighted by molar-refractivity contribution is 5.28. The Morgan fingerprint density at radius 1 is 1.00 bits per heavy atom. The zero-order chi connectivity index (χ0) is 12.4. The third kappa shape index (κ3) is 2.60. The molecule has 2 heteroatoms. The van der Waals surface area contributed by atoms with Gasteiger partial charge in [-0.1, -0.05) is 24.3 Å². The summed E-state index contributed by atoms with van der Waals surface area (Å²) in [6.45, 7) is 3.68. The second-order valence-electron chi connectivity index (χ2n) is 5.89. The molecule has 0 amide bonds. The Hall–Kier alpha value is -0.860. The fourth-order valence-corrected chi connectivity index (χ4v) is 3.31. The summed E-state index contributed by atoms with van der Waals surface area (Å²) in [4.78, 5) is 2.44. The van der Waals surface area contributed by atoms with E-state index in [-0.39, 0.29) is 0 Å². The largest absolute Gasteiger partial charge is 0.310 e. The predicted molar refractivity (Wildman–Crippen MR) is 75.9 cm³/mol. The molecule has 3 rings (SSSR count). The summed E-state index contributed by atoms with van der Waals surface area (Å²) in [5.74, 6) is 0.784. The lowest BCUT2D eigenvalue weighted by Crippen LogP contribution is -2.29. The molecule has 0 aromatic heterocycles. The molecular formula is C16H24N2. The van der Waals surface area contributed by atoms with Crippen LogP contribution in [-0.2, 0) is 0 Å². The molecule has 1 N–H and O–H groups in total. The van der Waals surface area contributed by atoms with Gasteiger partial charge in [0.25, 0.3) is 0 Å². The van der Waals surface area contributed by atoms with Crippen LogP contribution in [0.15, 0.2) is 24.3 Å². The normalized spacial score (nSPS) is 26.6. The van der Waals surface area contributed by atoms with Gasteiger partial charge < -0.3 is 10.2 Å². The lowest BCUT2D eigenvalue weighted by Gasteiger charge is -2.29. The first kappa shape index (κ1) is 12.2. The lowest BCUT2D eigenvalue weighted by molar-refractivity contribution is 0.255. The van der Waals surface area contributed by atoms with Crippen LogP contribution >= 0.6 is 0 Å². The Morgan fingerprint density at radius 3 is 2.28 bits per heavy atom. The summed E-state index contributed by atoms with van der Waals surface area (Å²) >= 11 is 0. The van der Waals surface area contributed by atoms with Crippen LogP contribution in [0.5, 0.6) is 0 Å². The number of nitrogens with one attached hydrogen (secondary N) is 1. The minimum absolute atomic E-state index is 0.608. The van der Waals surface area contributed by atoms with E-state index in [0.717, 1.165) is 5.92 Å². The van der Waals surface area contributed by atoms with Crippen LogP contribution in [0.3, 0.4) is 0 Å². The molecule has 2 fully saturated rings. The minimum Gasteiger partial charge on any atom is -0.310 e. The zero-order valence-electron chi connectivity index (χ0n) is 11.4. The molecule has 2 heterocycles. The van der Waals surface area contributed by atoms with Gasteiger partial charge in [0, 0.05) is 6.04 Å². The topological polar surface area (TPSA) is 15.3 Å². The van der Waals surface area contributed by atoms with Gasteiger partial charge in [-0.2, -0.15) is 0 Å². The highest BCUT2D eigenvalue weighted by atomic mass is 15.1. The second-order valence-corrected chi connectivity index (χ2v) is 5.89. The fraction of sp³-hybridized carbons (Fsp3) is 0.625. The van der Waals surface area contributed by atoms with E-state index in [1.54, 1.807) is 5.56 Å². The molecule has 0 spiro atoms. The fourth-order valence-electron chi connectivity index (χ4n) is 3.31. The molecule has 2 aliphatic rings. The number of benzene rings is 1. The van der Waals surface area contributed by atoms with Crippen LogP contribution in [-0.4, -0.2) is 31.6 Å². The van der Waals surface area contributed by atoms with Gasteiger partial charge in [-0.15, -0.1) is 0 Å². The molecular weight excluding hydrogens is 220 g/mol. The number of hydrogen-bond donors (Lipinski definition) is 1. The van der Waals surface area contributed by atoms with Crippen LogP contribution < -0.4 is 5.32 Å². The molecule has 2 nitrogen and oxygen atoms in total. The van der Waals surface area contributed by atoms with Crippen molar-refractivity contribution < 1.29 is 0 Å². The molecule has 0 bridgehead atoms. The molecule has 0 saturated carbocycles. The van der Waals surface area contributed by atoms with E-state index in [0.29, 0.717) is 6.04 Å². The first-order valence-electron chi connectivity index (χ1n) is 7.35. The van der Waals surface area contributed by atoms with Gasteiger partial charge in [-0.05, 0) is 69.4 Å². The summed E-state index contributed by atoms with van der Waals surface area (Å²) in [5.41, 5.74) is 3.02. The Balaban J connectivity index is 1.67. The number of nitrogens with zero attached hydrogens (tertiary/aromatic N) is 1. The monoisotopic (exact) mass is 244 g/mol. The lowest BCUT2D eigenvalue weighted by atomic mass is 9.88. The summed E-state index contributed by atoms with van der Waals surface area (Å²) in [5, 5.41) is 3.57. The predicted octanol–water partition coefficient (Wildman–Crippen LogP) is 2.92. The molecule has 18 heavy (non-hydrogen) atoms. The van der Waals surface area contributed by atoms with Gasteiger partial charge in [-0.3, -0.25) is 0 Å². The molecule has 1 aromatic rings. The van der Waals surface area contributed by atoms with Crippen molar-refractivity contribution >= 4 is 0 Å². The van der Waals surface area contributed by atoms with Crippen LogP contribution in [0.25, 0.3) is 0 Å². The summed E-state index contributed by atoms with van der Waals surface area (Å²) in [6, 6.07) is 10.0. The van der Waals surface area contributed by atoms with E-state index in [9.17, 15) is 0 Å². The van der Waals surface area contributed by atoms with Crippen molar-refractivity contribution in [3.63, 3.8) is 0 Å². The highest BCUT2D eigenvalue weighted by Crippen LogP contribution is 2.29. The van der Waals surface area contributed by atoms with Gasteiger partial charge in [0.2, 0.25) is 0 Å². The van der Waals surface area contributed by atoms with Crippen molar-refractivity contribution in [1.29, 1.82) is 0 Å². The van der Waals surface area contributed by atoms with E-state index >= 15 is 0 Å². The molecule has 2 aliphatic heterocycles. The van der Waals surface area contributed by atoms with Gasteiger partial charge in [0.1, 0.15) is 0 Å². The Bertz CT molecular complexity index is 371. The third-order valence-corrected chi connectivity index (χ3v) is 4.59. The SMILES string of the molecule is CN1CCC(c2ccc(C3CCCN3)cc2)CC1. The van der Waals surface area contributed by atoms with E-state index in [2.05, 4.69) is 41.5 Å². The maximum atomic E-state index is 3.57. The summed E-state index contributed by atoms with van der Waals surface area (Å²) in [6.07, 6.45) is 5.25. The average molecular weight is 244 g/mol. The molecule has 1 atom stereocenters. The quantitative estimate of drug-likeness (QED) is 0.860. The van der Waals surface area contributed by atoms with Crippen LogP contribution in [0.2, 0.25) is 0 Å². The van der Waals surface area contributed by atoms with Crippen molar-refractivity contribution in [2.24, 2.45) is 0 Å². The highest BCUT2D eigenvalue weighted by Gasteiger charge is 2.19. The molecule has 98 valence electrons. The zero-order valence-corrected chi connectivity index (χ0v) is 11.4. The minimum atomic E-state index is 0.608. The van der Waals surface area contributed by atoms with Crippen molar-refractivity contribution in [2.75, 3.05) is 26.7 Å². The molecule has 1 aromatic carbocycles. The number of likely N-dealkylation sites (tertiary alicyclic amines) is 1. The maximum absolute atomic E-state index is 3.57. The smallest absolute Gasteiger partial charge is 0.0320 e. The first-order valence-corrected chi connectivity index (χ1v) is 7.35. The van der Waals surface area contributed by atoms with E-state index in [4.69, 9.17) is 0 Å². The Morgan fingerprint density at radius 2 is 1.67 bits per heavy atom. The summed E-state index contributed by atoms with van der Waals surface area (Å²) < 4.78 is 0. The standard InChI is InChI=1S/C16H24N2/c1-18-11-8-14(9-12-18)13-4-6-15(7-5-13)16-3-2-10-17-16/h4-7,14,16-17H,2-3,8-12H2,1H3. The van der Waals surface area contributed by atoms with Gasteiger partial charge >= 0.3 is 0 Å². The number of hydrogen-bond acceptors (Lipinski definition) is 2.